The minimum atomic E-state index is -0.515. The predicted molar refractivity (Wildman–Crippen MR) is 98.8 cm³/mol. The van der Waals surface area contributed by atoms with Crippen LogP contribution in [0.5, 0.6) is 5.75 Å². The van der Waals surface area contributed by atoms with E-state index >= 15 is 0 Å². The second-order valence-electron chi connectivity index (χ2n) is 5.67. The highest BCUT2D eigenvalue weighted by Crippen LogP contribution is 2.23. The normalized spacial score (nSPS) is 10.4. The number of amides is 1. The molecule has 0 unspecified atom stereocenters. The van der Waals surface area contributed by atoms with Crippen molar-refractivity contribution in [2.75, 3.05) is 19.5 Å². The van der Waals surface area contributed by atoms with Crippen LogP contribution in [0.25, 0.3) is 10.9 Å². The number of rotatable bonds is 4. The smallest absolute Gasteiger partial charge is 0.339 e. The molecule has 0 atom stereocenters. The number of pyridine rings is 1. The fourth-order valence-electron chi connectivity index (χ4n) is 2.68. The third kappa shape index (κ3) is 3.35. The number of carbonyl (C=O) groups is 2. The molecule has 6 heteroatoms. The number of nitrogens with one attached hydrogen (secondary N) is 1. The van der Waals surface area contributed by atoms with E-state index in [4.69, 9.17) is 9.47 Å². The molecule has 26 heavy (non-hydrogen) atoms. The molecule has 0 aliphatic rings. The predicted octanol–water partition coefficient (Wildman–Crippen LogP) is 3.59. The maximum Gasteiger partial charge on any atom is 0.339 e. The highest BCUT2D eigenvalue weighted by atomic mass is 16.5. The van der Waals surface area contributed by atoms with Gasteiger partial charge in [-0.3, -0.25) is 9.78 Å². The van der Waals surface area contributed by atoms with E-state index in [-0.39, 0.29) is 11.5 Å². The van der Waals surface area contributed by atoms with Crippen molar-refractivity contribution in [3.8, 4) is 5.75 Å². The SMILES string of the molecule is COC(=O)c1ccccc1NC(=O)c1cc2cc(OC)ccc2nc1C. The zero-order valence-electron chi connectivity index (χ0n) is 14.7. The Hall–Kier alpha value is -3.41. The molecule has 0 aliphatic carbocycles. The van der Waals surface area contributed by atoms with Crippen molar-refractivity contribution in [2.24, 2.45) is 0 Å². The van der Waals surface area contributed by atoms with Gasteiger partial charge in [0, 0.05) is 5.39 Å². The number of hydrogen-bond acceptors (Lipinski definition) is 5. The molecule has 2 aromatic carbocycles. The average Bonchev–Trinajstić information content (AvgIpc) is 2.66. The van der Waals surface area contributed by atoms with Gasteiger partial charge in [-0.2, -0.15) is 0 Å². The number of hydrogen-bond donors (Lipinski definition) is 1. The highest BCUT2D eigenvalue weighted by Gasteiger charge is 2.16. The molecule has 0 saturated carbocycles. The Labute approximate surface area is 150 Å². The molecule has 6 nitrogen and oxygen atoms in total. The Morgan fingerprint density at radius 3 is 2.50 bits per heavy atom. The standard InChI is InChI=1S/C20H18N2O4/c1-12-16(11-13-10-14(25-2)8-9-17(13)21-12)19(23)22-18-7-5-4-6-15(18)20(24)26-3/h4-11H,1-3H3,(H,22,23). The second-order valence-corrected chi connectivity index (χ2v) is 5.67. The van der Waals surface area contributed by atoms with Crippen LogP contribution in [-0.2, 0) is 4.74 Å². The molecule has 0 radical (unpaired) electrons. The van der Waals surface area contributed by atoms with Gasteiger partial charge in [0.15, 0.2) is 0 Å². The van der Waals surface area contributed by atoms with E-state index in [0.717, 1.165) is 10.9 Å². The molecule has 0 aliphatic heterocycles. The van der Waals surface area contributed by atoms with Crippen molar-refractivity contribution in [1.29, 1.82) is 0 Å². The molecule has 1 N–H and O–H groups in total. The van der Waals surface area contributed by atoms with Crippen LogP contribution in [0.1, 0.15) is 26.4 Å². The number of methoxy groups -OCH3 is 2. The van der Waals surface area contributed by atoms with Gasteiger partial charge in [-0.15, -0.1) is 0 Å². The van der Waals surface area contributed by atoms with E-state index < -0.39 is 5.97 Å². The molecule has 1 heterocycles. The summed E-state index contributed by atoms with van der Waals surface area (Å²) in [6.45, 7) is 1.77. The Balaban J connectivity index is 1.98. The van der Waals surface area contributed by atoms with Crippen LogP contribution in [0.2, 0.25) is 0 Å². The van der Waals surface area contributed by atoms with Gasteiger partial charge in [0.2, 0.25) is 0 Å². The molecule has 3 rings (SSSR count). The lowest BCUT2D eigenvalue weighted by atomic mass is 10.1. The first-order valence-electron chi connectivity index (χ1n) is 7.97. The van der Waals surface area contributed by atoms with E-state index in [2.05, 4.69) is 10.3 Å². The maximum atomic E-state index is 12.8. The van der Waals surface area contributed by atoms with Crippen LogP contribution in [0, 0.1) is 6.92 Å². The van der Waals surface area contributed by atoms with Crippen LogP contribution in [-0.4, -0.2) is 31.1 Å². The van der Waals surface area contributed by atoms with Gasteiger partial charge in [-0.05, 0) is 43.3 Å². The number of nitrogens with zero attached hydrogens (tertiary/aromatic N) is 1. The molecular formula is C20H18N2O4. The van der Waals surface area contributed by atoms with Crippen LogP contribution in [0.4, 0.5) is 5.69 Å². The summed E-state index contributed by atoms with van der Waals surface area (Å²) in [5.41, 5.74) is 2.46. The summed E-state index contributed by atoms with van der Waals surface area (Å²) in [6, 6.07) is 13.9. The van der Waals surface area contributed by atoms with Crippen molar-refractivity contribution < 1.29 is 19.1 Å². The third-order valence-corrected chi connectivity index (χ3v) is 4.04. The average molecular weight is 350 g/mol. The molecule has 0 spiro atoms. The molecule has 0 fully saturated rings. The van der Waals surface area contributed by atoms with Crippen LogP contribution in [0.15, 0.2) is 48.5 Å². The zero-order chi connectivity index (χ0) is 18.7. The minimum absolute atomic E-state index is 0.288. The van der Waals surface area contributed by atoms with Gasteiger partial charge in [0.05, 0.1) is 42.2 Å². The number of esters is 1. The van der Waals surface area contributed by atoms with Crippen LogP contribution < -0.4 is 10.1 Å². The Bertz CT molecular complexity index is 998. The van der Waals surface area contributed by atoms with E-state index in [9.17, 15) is 9.59 Å². The first-order valence-corrected chi connectivity index (χ1v) is 7.97. The number of benzene rings is 2. The number of para-hydroxylation sites is 1. The zero-order valence-corrected chi connectivity index (χ0v) is 14.7. The topological polar surface area (TPSA) is 77.5 Å². The molecule has 1 amide bonds. The van der Waals surface area contributed by atoms with Gasteiger partial charge in [0.1, 0.15) is 5.75 Å². The number of ether oxygens (including phenoxy) is 2. The third-order valence-electron chi connectivity index (χ3n) is 4.04. The van der Waals surface area contributed by atoms with Crippen molar-refractivity contribution in [3.05, 3.63) is 65.4 Å². The number of aryl methyl sites for hydroxylation is 1. The highest BCUT2D eigenvalue weighted by molar-refractivity contribution is 6.09. The van der Waals surface area contributed by atoms with E-state index in [1.807, 2.05) is 18.2 Å². The lowest BCUT2D eigenvalue weighted by Crippen LogP contribution is -2.17. The molecule has 0 saturated heterocycles. The van der Waals surface area contributed by atoms with Crippen LogP contribution >= 0.6 is 0 Å². The summed E-state index contributed by atoms with van der Waals surface area (Å²) in [6.07, 6.45) is 0. The summed E-state index contributed by atoms with van der Waals surface area (Å²) in [7, 11) is 2.88. The molecule has 3 aromatic rings. The monoisotopic (exact) mass is 350 g/mol. The first-order chi connectivity index (χ1) is 12.5. The van der Waals surface area contributed by atoms with Crippen molar-refractivity contribution in [3.63, 3.8) is 0 Å². The lowest BCUT2D eigenvalue weighted by molar-refractivity contribution is 0.0602. The van der Waals surface area contributed by atoms with Gasteiger partial charge in [-0.25, -0.2) is 4.79 Å². The fourth-order valence-corrected chi connectivity index (χ4v) is 2.68. The number of fused-ring (bicyclic) bond motifs is 1. The number of aromatic nitrogens is 1. The minimum Gasteiger partial charge on any atom is -0.497 e. The molecule has 1 aromatic heterocycles. The molecular weight excluding hydrogens is 332 g/mol. The quantitative estimate of drug-likeness (QED) is 0.728. The number of carbonyl (C=O) groups excluding carboxylic acids is 2. The van der Waals surface area contributed by atoms with Crippen molar-refractivity contribution in [1.82, 2.24) is 4.98 Å². The summed E-state index contributed by atoms with van der Waals surface area (Å²) in [5, 5.41) is 3.56. The molecule has 132 valence electrons. The lowest BCUT2D eigenvalue weighted by Gasteiger charge is -2.12. The van der Waals surface area contributed by atoms with Crippen LogP contribution in [0.3, 0.4) is 0 Å². The van der Waals surface area contributed by atoms with E-state index in [1.165, 1.54) is 7.11 Å². The summed E-state index contributed by atoms with van der Waals surface area (Å²) in [4.78, 5) is 29.1. The Kier molecular flexibility index (Phi) is 4.84. The Morgan fingerprint density at radius 2 is 1.77 bits per heavy atom. The van der Waals surface area contributed by atoms with Gasteiger partial charge in [-0.1, -0.05) is 12.1 Å². The fraction of sp³-hybridized carbons (Fsp3) is 0.150. The largest absolute Gasteiger partial charge is 0.497 e. The molecule has 0 bridgehead atoms. The van der Waals surface area contributed by atoms with Crippen molar-refractivity contribution in [2.45, 2.75) is 6.92 Å². The maximum absolute atomic E-state index is 12.8. The van der Waals surface area contributed by atoms with E-state index in [0.29, 0.717) is 22.7 Å². The Morgan fingerprint density at radius 1 is 1.00 bits per heavy atom. The van der Waals surface area contributed by atoms with Gasteiger partial charge < -0.3 is 14.8 Å². The van der Waals surface area contributed by atoms with Gasteiger partial charge >= 0.3 is 5.97 Å². The van der Waals surface area contributed by atoms with E-state index in [1.54, 1.807) is 44.4 Å². The summed E-state index contributed by atoms with van der Waals surface area (Å²) < 4.78 is 9.98. The number of anilines is 1. The first kappa shape index (κ1) is 17.4. The summed E-state index contributed by atoms with van der Waals surface area (Å²) in [5.74, 6) is -0.180. The summed E-state index contributed by atoms with van der Waals surface area (Å²) >= 11 is 0. The van der Waals surface area contributed by atoms with Crippen molar-refractivity contribution >= 4 is 28.5 Å². The second kappa shape index (κ2) is 7.23. The van der Waals surface area contributed by atoms with Gasteiger partial charge in [0.25, 0.3) is 5.91 Å².